The van der Waals surface area contributed by atoms with Crippen LogP contribution in [-0.4, -0.2) is 23.3 Å². The number of aryl methyl sites for hydroxylation is 1. The number of carbonyl (C=O) groups excluding carboxylic acids is 2. The summed E-state index contributed by atoms with van der Waals surface area (Å²) in [6.07, 6.45) is 3.48. The second-order valence-corrected chi connectivity index (χ2v) is 8.08. The number of nitrogens with one attached hydrogen (secondary N) is 1. The first-order valence-electron chi connectivity index (χ1n) is 9.98. The van der Waals surface area contributed by atoms with Crippen molar-refractivity contribution in [3.8, 4) is 0 Å². The maximum absolute atomic E-state index is 12.7. The van der Waals surface area contributed by atoms with Crippen LogP contribution in [0.4, 0.5) is 11.4 Å². The second-order valence-electron chi connectivity index (χ2n) is 6.93. The molecular weight excluding hydrogens is 396 g/mol. The monoisotopic (exact) mass is 418 g/mol. The highest BCUT2D eigenvalue weighted by Crippen LogP contribution is 2.34. The molecule has 0 amide bonds. The summed E-state index contributed by atoms with van der Waals surface area (Å²) >= 11 is 1.67. The number of hydrogen-bond donors (Lipinski definition) is 1. The fourth-order valence-corrected chi connectivity index (χ4v) is 4.29. The minimum absolute atomic E-state index is 0.00801. The van der Waals surface area contributed by atoms with E-state index in [1.54, 1.807) is 18.7 Å². The van der Waals surface area contributed by atoms with Crippen LogP contribution in [0.25, 0.3) is 0 Å². The maximum Gasteiger partial charge on any atom is 0.341 e. The minimum atomic E-state index is -0.482. The molecule has 0 radical (unpaired) electrons. The highest BCUT2D eigenvalue weighted by Gasteiger charge is 2.27. The number of pyridine rings is 1. The van der Waals surface area contributed by atoms with Gasteiger partial charge in [0.05, 0.1) is 23.6 Å². The van der Waals surface area contributed by atoms with Gasteiger partial charge in [-0.15, -0.1) is 0 Å². The molecule has 0 aliphatic heterocycles. The van der Waals surface area contributed by atoms with Gasteiger partial charge < -0.3 is 10.1 Å². The molecule has 1 heterocycles. The Balaban J connectivity index is 1.64. The largest absolute Gasteiger partial charge is 0.462 e. The molecule has 30 heavy (non-hydrogen) atoms. The molecule has 0 atom stereocenters. The molecule has 0 unspecified atom stereocenters. The van der Waals surface area contributed by atoms with E-state index < -0.39 is 5.97 Å². The summed E-state index contributed by atoms with van der Waals surface area (Å²) in [7, 11) is 0. The number of carbonyl (C=O) groups is 2. The number of esters is 1. The Hall–Kier alpha value is -3.12. The van der Waals surface area contributed by atoms with Gasteiger partial charge in [-0.1, -0.05) is 30.0 Å². The summed E-state index contributed by atoms with van der Waals surface area (Å²) in [4.78, 5) is 31.8. The Morgan fingerprint density at radius 1 is 1.07 bits per heavy atom. The van der Waals surface area contributed by atoms with Crippen LogP contribution < -0.4 is 5.32 Å². The highest BCUT2D eigenvalue weighted by molar-refractivity contribution is 7.99. The Labute approximate surface area is 179 Å². The van der Waals surface area contributed by atoms with Crippen LogP contribution in [0, 0.1) is 0 Å². The predicted octanol–water partition coefficient (Wildman–Crippen LogP) is 5.67. The van der Waals surface area contributed by atoms with Gasteiger partial charge in [0.25, 0.3) is 0 Å². The number of aromatic nitrogens is 1. The number of Topliss-reactive ketones (excluding diaryl/α,β-unsaturated/α-hetero) is 1. The van der Waals surface area contributed by atoms with Gasteiger partial charge in [-0.25, -0.2) is 4.79 Å². The molecule has 1 N–H and O–H groups in total. The number of ether oxygens (including phenoxy) is 1. The van der Waals surface area contributed by atoms with Crippen molar-refractivity contribution in [1.29, 1.82) is 0 Å². The van der Waals surface area contributed by atoms with Crippen molar-refractivity contribution in [3.05, 3.63) is 77.6 Å². The summed E-state index contributed by atoms with van der Waals surface area (Å²) in [6, 6.07) is 18.1. The van der Waals surface area contributed by atoms with Gasteiger partial charge in [-0.3, -0.25) is 9.78 Å². The Morgan fingerprint density at radius 3 is 2.53 bits per heavy atom. The van der Waals surface area contributed by atoms with E-state index in [9.17, 15) is 9.59 Å². The molecule has 0 saturated carbocycles. The average molecular weight is 419 g/mol. The van der Waals surface area contributed by atoms with Crippen LogP contribution >= 0.6 is 11.8 Å². The van der Waals surface area contributed by atoms with Crippen LogP contribution in [0.5, 0.6) is 0 Å². The third kappa shape index (κ3) is 4.39. The van der Waals surface area contributed by atoms with Gasteiger partial charge in [0.2, 0.25) is 0 Å². The molecule has 0 bridgehead atoms. The van der Waals surface area contributed by atoms with E-state index in [1.807, 2.05) is 42.5 Å². The van der Waals surface area contributed by atoms with Gasteiger partial charge in [0.15, 0.2) is 5.78 Å². The minimum Gasteiger partial charge on any atom is -0.462 e. The first kappa shape index (κ1) is 20.2. The van der Waals surface area contributed by atoms with E-state index in [4.69, 9.17) is 4.74 Å². The number of anilines is 2. The Morgan fingerprint density at radius 2 is 1.80 bits per heavy atom. The molecule has 6 heteroatoms. The van der Waals surface area contributed by atoms with E-state index >= 15 is 0 Å². The third-order valence-corrected chi connectivity index (χ3v) is 5.87. The van der Waals surface area contributed by atoms with Crippen molar-refractivity contribution in [3.63, 3.8) is 0 Å². The first-order chi connectivity index (χ1) is 14.7. The van der Waals surface area contributed by atoms with Crippen LogP contribution in [-0.2, 0) is 11.2 Å². The lowest BCUT2D eigenvalue weighted by molar-refractivity contribution is 0.0527. The highest BCUT2D eigenvalue weighted by atomic mass is 32.2. The number of fused-ring (bicyclic) bond motifs is 1. The van der Waals surface area contributed by atoms with Gasteiger partial charge in [-0.2, -0.15) is 0 Å². The summed E-state index contributed by atoms with van der Waals surface area (Å²) in [5, 5.41) is 3.29. The number of nitrogens with zero attached hydrogens (tertiary/aromatic N) is 1. The molecule has 5 nitrogen and oxygen atoms in total. The van der Waals surface area contributed by atoms with Gasteiger partial charge in [0, 0.05) is 28.1 Å². The maximum atomic E-state index is 12.7. The van der Waals surface area contributed by atoms with Crippen LogP contribution in [0.2, 0.25) is 0 Å². The summed E-state index contributed by atoms with van der Waals surface area (Å²) in [5.41, 5.74) is 2.82. The number of ketones is 1. The lowest BCUT2D eigenvalue weighted by atomic mass is 9.91. The first-order valence-corrected chi connectivity index (χ1v) is 10.8. The van der Waals surface area contributed by atoms with Gasteiger partial charge >= 0.3 is 5.97 Å². The molecule has 152 valence electrons. The van der Waals surface area contributed by atoms with E-state index in [-0.39, 0.29) is 18.0 Å². The third-order valence-electron chi connectivity index (χ3n) is 4.85. The van der Waals surface area contributed by atoms with E-state index in [0.717, 1.165) is 34.0 Å². The molecular formula is C24H22N2O3S. The Kier molecular flexibility index (Phi) is 6.14. The molecule has 0 spiro atoms. The summed E-state index contributed by atoms with van der Waals surface area (Å²) in [5.74, 6) is -0.474. The van der Waals surface area contributed by atoms with E-state index in [0.29, 0.717) is 17.7 Å². The fourth-order valence-electron chi connectivity index (χ4n) is 3.45. The zero-order valence-corrected chi connectivity index (χ0v) is 17.5. The van der Waals surface area contributed by atoms with Crippen LogP contribution in [0.15, 0.2) is 70.6 Å². The van der Waals surface area contributed by atoms with E-state index in [2.05, 4.69) is 22.4 Å². The lowest BCUT2D eigenvalue weighted by Crippen LogP contribution is -2.19. The smallest absolute Gasteiger partial charge is 0.341 e. The van der Waals surface area contributed by atoms with Crippen molar-refractivity contribution in [1.82, 2.24) is 4.98 Å². The van der Waals surface area contributed by atoms with Crippen molar-refractivity contribution in [2.24, 2.45) is 0 Å². The summed E-state index contributed by atoms with van der Waals surface area (Å²) in [6.45, 7) is 2.01. The Bertz CT molecular complexity index is 1070. The van der Waals surface area contributed by atoms with Crippen molar-refractivity contribution < 1.29 is 14.3 Å². The molecule has 1 aliphatic carbocycles. The topological polar surface area (TPSA) is 68.3 Å². The molecule has 1 aliphatic rings. The molecule has 1 aromatic heterocycles. The number of hydrogen-bond acceptors (Lipinski definition) is 6. The van der Waals surface area contributed by atoms with E-state index in [1.165, 1.54) is 6.20 Å². The van der Waals surface area contributed by atoms with Gasteiger partial charge in [-0.05, 0) is 56.2 Å². The predicted molar refractivity (Wildman–Crippen MR) is 118 cm³/mol. The molecule has 0 saturated heterocycles. The molecule has 4 rings (SSSR count). The molecule has 3 aromatic rings. The zero-order valence-electron chi connectivity index (χ0n) is 16.7. The number of benzene rings is 2. The molecule has 0 fully saturated rings. The van der Waals surface area contributed by atoms with Crippen molar-refractivity contribution in [2.45, 2.75) is 36.0 Å². The zero-order chi connectivity index (χ0) is 20.9. The molecule has 2 aromatic carbocycles. The second kappa shape index (κ2) is 9.13. The van der Waals surface area contributed by atoms with Crippen molar-refractivity contribution >= 4 is 34.9 Å². The van der Waals surface area contributed by atoms with Crippen LogP contribution in [0.3, 0.4) is 0 Å². The normalized spacial score (nSPS) is 12.9. The number of rotatable bonds is 6. The SMILES string of the molecule is CCOC(=O)c1cnc2c(c1Nc1ccc(Sc3ccccc3)cc1)C(=O)CCC2. The fraction of sp³-hybridized carbons (Fsp3) is 0.208. The average Bonchev–Trinajstić information content (AvgIpc) is 2.76. The standard InChI is InChI=1S/C24H22N2O3S/c1-2-29-24(28)19-15-25-20-9-6-10-21(27)22(20)23(19)26-16-11-13-18(14-12-16)30-17-7-4-3-5-8-17/h3-5,7-8,11-15H,2,6,9-10H2,1H3,(H,25,26). The lowest BCUT2D eigenvalue weighted by Gasteiger charge is -2.21. The van der Waals surface area contributed by atoms with Gasteiger partial charge in [0.1, 0.15) is 5.56 Å². The quantitative estimate of drug-likeness (QED) is 0.520. The van der Waals surface area contributed by atoms with Crippen LogP contribution in [0.1, 0.15) is 46.2 Å². The summed E-state index contributed by atoms with van der Waals surface area (Å²) < 4.78 is 5.18. The van der Waals surface area contributed by atoms with Crippen molar-refractivity contribution in [2.75, 3.05) is 11.9 Å².